The van der Waals surface area contributed by atoms with Crippen molar-refractivity contribution in [1.82, 2.24) is 0 Å². The molecule has 6 heteroatoms. The Morgan fingerprint density at radius 1 is 1.14 bits per heavy atom. The average Bonchev–Trinajstić information content (AvgIpc) is 2.88. The van der Waals surface area contributed by atoms with Crippen LogP contribution in [0, 0.1) is 5.92 Å². The monoisotopic (exact) mass is 502 g/mol. The highest BCUT2D eigenvalue weighted by atomic mass is 16.6. The molecule has 0 bridgehead atoms. The number of carbonyl (C=O) groups is 1. The Balaban J connectivity index is 1.83. The molecule has 36 heavy (non-hydrogen) atoms. The minimum Gasteiger partial charge on any atom is -0.462 e. The van der Waals surface area contributed by atoms with Gasteiger partial charge in [0.15, 0.2) is 6.29 Å². The van der Waals surface area contributed by atoms with Gasteiger partial charge in [-0.2, -0.15) is 0 Å². The van der Waals surface area contributed by atoms with Gasteiger partial charge in [-0.3, -0.25) is 0 Å². The topological polar surface area (TPSA) is 85.2 Å². The van der Waals surface area contributed by atoms with Gasteiger partial charge < -0.3 is 24.4 Å². The summed E-state index contributed by atoms with van der Waals surface area (Å²) >= 11 is 0. The highest BCUT2D eigenvalue weighted by molar-refractivity contribution is 5.86. The van der Waals surface area contributed by atoms with Crippen LogP contribution in [0.2, 0.25) is 0 Å². The summed E-state index contributed by atoms with van der Waals surface area (Å²) in [6, 6.07) is 9.05. The fraction of sp³-hybridized carbons (Fsp3) is 0.633. The maximum atomic E-state index is 11.7. The number of unbranched alkanes of at least 4 members (excludes halogenated alkanes) is 2. The molecule has 0 aromatic heterocycles. The molecule has 6 nitrogen and oxygen atoms in total. The van der Waals surface area contributed by atoms with Gasteiger partial charge in [0.05, 0.1) is 32.5 Å². The van der Waals surface area contributed by atoms with Crippen LogP contribution in [-0.4, -0.2) is 55.0 Å². The molecule has 1 aromatic rings. The Morgan fingerprint density at radius 2 is 1.86 bits per heavy atom. The highest BCUT2D eigenvalue weighted by Crippen LogP contribution is 2.32. The standard InChI is InChI=1S/C30H46O6/c1-5-6-7-8-24-9-11-26(12-10-24)27-13-14-28(36-21-27)19-25(15-17-34-29(32)22(2)3)16-18-35-30(33)23(4)20-31/h9-12,25,27-28,30-31,33H,2,4-8,13-21H2,1,3H3. The second kappa shape index (κ2) is 16.7. The third-order valence-corrected chi connectivity index (χ3v) is 6.95. The van der Waals surface area contributed by atoms with Gasteiger partial charge in [-0.05, 0) is 68.9 Å². The fourth-order valence-corrected chi connectivity index (χ4v) is 4.53. The zero-order chi connectivity index (χ0) is 26.3. The van der Waals surface area contributed by atoms with Gasteiger partial charge in [0.2, 0.25) is 0 Å². The molecule has 202 valence electrons. The van der Waals surface area contributed by atoms with Crippen LogP contribution in [0.1, 0.15) is 82.3 Å². The van der Waals surface area contributed by atoms with E-state index in [4.69, 9.17) is 19.3 Å². The summed E-state index contributed by atoms with van der Waals surface area (Å²) in [4.78, 5) is 11.7. The van der Waals surface area contributed by atoms with Gasteiger partial charge in [-0.1, -0.05) is 57.2 Å². The molecular weight excluding hydrogens is 456 g/mol. The quantitative estimate of drug-likeness (QED) is 0.0966. The molecule has 4 atom stereocenters. The first-order valence-electron chi connectivity index (χ1n) is 13.4. The number of rotatable bonds is 17. The number of ether oxygens (including phenoxy) is 3. The van der Waals surface area contributed by atoms with E-state index in [1.807, 2.05) is 0 Å². The summed E-state index contributed by atoms with van der Waals surface area (Å²) in [5.41, 5.74) is 3.38. The van der Waals surface area contributed by atoms with E-state index in [9.17, 15) is 9.90 Å². The Kier molecular flexibility index (Phi) is 14.0. The van der Waals surface area contributed by atoms with Crippen molar-refractivity contribution in [1.29, 1.82) is 0 Å². The van der Waals surface area contributed by atoms with Crippen molar-refractivity contribution in [2.45, 2.75) is 89.9 Å². The van der Waals surface area contributed by atoms with Crippen molar-refractivity contribution in [3.05, 3.63) is 59.7 Å². The summed E-state index contributed by atoms with van der Waals surface area (Å²) in [5.74, 6) is 0.248. The summed E-state index contributed by atoms with van der Waals surface area (Å²) in [5, 5.41) is 19.0. The second-order valence-electron chi connectivity index (χ2n) is 10.1. The van der Waals surface area contributed by atoms with E-state index in [0.29, 0.717) is 44.2 Å². The van der Waals surface area contributed by atoms with E-state index in [1.165, 1.54) is 30.4 Å². The first-order chi connectivity index (χ1) is 17.3. The SMILES string of the molecule is C=C(C)C(=O)OCCC(CCOC(O)C(=C)CO)CC1CCC(c2ccc(CCCCC)cc2)CO1. The molecule has 1 heterocycles. The molecule has 0 aliphatic carbocycles. The molecule has 0 saturated carbocycles. The zero-order valence-corrected chi connectivity index (χ0v) is 22.3. The fourth-order valence-electron chi connectivity index (χ4n) is 4.53. The molecule has 2 rings (SSSR count). The summed E-state index contributed by atoms with van der Waals surface area (Å²) in [7, 11) is 0. The van der Waals surface area contributed by atoms with Crippen molar-refractivity contribution in [3.8, 4) is 0 Å². The van der Waals surface area contributed by atoms with Crippen LogP contribution < -0.4 is 0 Å². The number of hydrogen-bond acceptors (Lipinski definition) is 6. The first-order valence-corrected chi connectivity index (χ1v) is 13.4. The predicted octanol–water partition coefficient (Wildman–Crippen LogP) is 5.47. The van der Waals surface area contributed by atoms with E-state index >= 15 is 0 Å². The van der Waals surface area contributed by atoms with Crippen LogP contribution in [0.25, 0.3) is 0 Å². The molecule has 1 saturated heterocycles. The molecule has 1 aliphatic rings. The smallest absolute Gasteiger partial charge is 0.333 e. The predicted molar refractivity (Wildman–Crippen MR) is 143 cm³/mol. The Bertz CT molecular complexity index is 794. The minimum atomic E-state index is -1.18. The normalized spacial score (nSPS) is 19.4. The molecule has 4 unspecified atom stereocenters. The molecule has 1 fully saturated rings. The van der Waals surface area contributed by atoms with Gasteiger partial charge in [0.25, 0.3) is 0 Å². The first kappa shape index (κ1) is 30.2. The van der Waals surface area contributed by atoms with Crippen molar-refractivity contribution >= 4 is 5.97 Å². The van der Waals surface area contributed by atoms with Crippen LogP contribution in [0.5, 0.6) is 0 Å². The summed E-state index contributed by atoms with van der Waals surface area (Å²) in [6.07, 6.45) is 8.16. The van der Waals surface area contributed by atoms with E-state index in [0.717, 1.165) is 25.7 Å². The zero-order valence-electron chi connectivity index (χ0n) is 22.3. The van der Waals surface area contributed by atoms with Crippen molar-refractivity contribution in [3.63, 3.8) is 0 Å². The van der Waals surface area contributed by atoms with Crippen LogP contribution >= 0.6 is 0 Å². The number of aryl methyl sites for hydroxylation is 1. The van der Waals surface area contributed by atoms with Gasteiger partial charge in [0, 0.05) is 17.1 Å². The lowest BCUT2D eigenvalue weighted by molar-refractivity contribution is -0.139. The van der Waals surface area contributed by atoms with Crippen LogP contribution in [0.3, 0.4) is 0 Å². The van der Waals surface area contributed by atoms with Crippen molar-refractivity contribution in [2.24, 2.45) is 5.92 Å². The van der Waals surface area contributed by atoms with Gasteiger partial charge in [0.1, 0.15) is 0 Å². The molecule has 1 aromatic carbocycles. The maximum Gasteiger partial charge on any atom is 0.333 e. The van der Waals surface area contributed by atoms with Gasteiger partial charge >= 0.3 is 5.97 Å². The van der Waals surface area contributed by atoms with E-state index in [-0.39, 0.29) is 30.2 Å². The number of benzene rings is 1. The lowest BCUT2D eigenvalue weighted by Gasteiger charge is -2.32. The van der Waals surface area contributed by atoms with E-state index < -0.39 is 6.29 Å². The summed E-state index contributed by atoms with van der Waals surface area (Å²) < 4.78 is 17.0. The number of aliphatic hydroxyl groups excluding tert-OH is 2. The molecular formula is C30H46O6. The average molecular weight is 503 g/mol. The van der Waals surface area contributed by atoms with Crippen LogP contribution in [0.4, 0.5) is 0 Å². The van der Waals surface area contributed by atoms with Crippen molar-refractivity contribution < 1.29 is 29.2 Å². The summed E-state index contributed by atoms with van der Waals surface area (Å²) in [6.45, 7) is 12.1. The molecule has 2 N–H and O–H groups in total. The molecule has 1 aliphatic heterocycles. The number of esters is 1. The van der Waals surface area contributed by atoms with E-state index in [2.05, 4.69) is 44.3 Å². The molecule has 0 radical (unpaired) electrons. The lowest BCUT2D eigenvalue weighted by atomic mass is 9.86. The van der Waals surface area contributed by atoms with Crippen LogP contribution in [-0.2, 0) is 25.4 Å². The largest absolute Gasteiger partial charge is 0.462 e. The van der Waals surface area contributed by atoms with Crippen molar-refractivity contribution in [2.75, 3.05) is 26.4 Å². The highest BCUT2D eigenvalue weighted by Gasteiger charge is 2.26. The number of carbonyl (C=O) groups excluding carboxylic acids is 1. The van der Waals surface area contributed by atoms with E-state index in [1.54, 1.807) is 6.92 Å². The molecule has 0 amide bonds. The minimum absolute atomic E-state index is 0.147. The third-order valence-electron chi connectivity index (χ3n) is 6.95. The van der Waals surface area contributed by atoms with Gasteiger partial charge in [-0.15, -0.1) is 0 Å². The number of aliphatic hydroxyl groups is 2. The van der Waals surface area contributed by atoms with Crippen LogP contribution in [0.15, 0.2) is 48.6 Å². The molecule has 0 spiro atoms. The number of hydrogen-bond donors (Lipinski definition) is 2. The van der Waals surface area contributed by atoms with Gasteiger partial charge in [-0.25, -0.2) is 4.79 Å². The Labute approximate surface area is 217 Å². The third kappa shape index (κ3) is 11.0. The maximum absolute atomic E-state index is 11.7. The Morgan fingerprint density at radius 3 is 2.47 bits per heavy atom. The Hall–Kier alpha value is -1.99. The second-order valence-corrected chi connectivity index (χ2v) is 10.1. The lowest BCUT2D eigenvalue weighted by Crippen LogP contribution is -2.28.